The molecule has 2 aromatic rings. The van der Waals surface area contributed by atoms with Gasteiger partial charge in [-0.05, 0) is 41.4 Å². The van der Waals surface area contributed by atoms with Crippen LogP contribution in [0.15, 0.2) is 21.1 Å². The Hall–Kier alpha value is -1.80. The van der Waals surface area contributed by atoms with E-state index in [1.54, 1.807) is 12.1 Å². The van der Waals surface area contributed by atoms with E-state index in [0.29, 0.717) is 58.6 Å². The van der Waals surface area contributed by atoms with Gasteiger partial charge in [0.15, 0.2) is 11.6 Å². The molecule has 0 atom stereocenters. The molecule has 0 unspecified atom stereocenters. The smallest absolute Gasteiger partial charge is 0.319 e. The summed E-state index contributed by atoms with van der Waals surface area (Å²) in [4.78, 5) is 16.4. The van der Waals surface area contributed by atoms with Gasteiger partial charge in [-0.25, -0.2) is 4.79 Å². The summed E-state index contributed by atoms with van der Waals surface area (Å²) in [7, 11) is 0. The van der Waals surface area contributed by atoms with Gasteiger partial charge in [0.1, 0.15) is 0 Å². The number of rotatable bonds is 8. The summed E-state index contributed by atoms with van der Waals surface area (Å²) in [6.07, 6.45) is 1.29. The van der Waals surface area contributed by atoms with Crippen LogP contribution in [0.1, 0.15) is 44.8 Å². The minimum atomic E-state index is -0.339. The zero-order chi connectivity index (χ0) is 19.1. The van der Waals surface area contributed by atoms with Gasteiger partial charge in [0.2, 0.25) is 5.89 Å². The van der Waals surface area contributed by atoms with Crippen molar-refractivity contribution in [1.82, 2.24) is 15.5 Å². The van der Waals surface area contributed by atoms with Crippen molar-refractivity contribution in [1.29, 1.82) is 0 Å². The van der Waals surface area contributed by atoms with Crippen LogP contribution in [0.2, 0.25) is 5.02 Å². The lowest BCUT2D eigenvalue weighted by molar-refractivity contribution is 0.251. The second-order valence-electron chi connectivity index (χ2n) is 5.88. The van der Waals surface area contributed by atoms with E-state index in [-0.39, 0.29) is 11.9 Å². The predicted molar refractivity (Wildman–Crippen MR) is 104 cm³/mol. The number of amides is 2. The fraction of sp³-hybridized carbons (Fsp3) is 0.471. The molecule has 142 valence electrons. The molecule has 0 saturated heterocycles. The maximum Gasteiger partial charge on any atom is 0.319 e. The van der Waals surface area contributed by atoms with Crippen LogP contribution in [0, 0.1) is 0 Å². The Balaban J connectivity index is 1.83. The van der Waals surface area contributed by atoms with E-state index >= 15 is 0 Å². The molecular formula is C17H22BrClN4O3. The molecule has 0 radical (unpaired) electrons. The van der Waals surface area contributed by atoms with Gasteiger partial charge in [-0.3, -0.25) is 0 Å². The average Bonchev–Trinajstić information content (AvgIpc) is 3.04. The molecule has 0 aliphatic heterocycles. The van der Waals surface area contributed by atoms with Crippen LogP contribution in [0.25, 0.3) is 0 Å². The average molecular weight is 446 g/mol. The van der Waals surface area contributed by atoms with Crippen molar-refractivity contribution in [2.75, 3.05) is 18.5 Å². The minimum absolute atomic E-state index is 0.230. The molecule has 9 heteroatoms. The molecular weight excluding hydrogens is 424 g/mol. The van der Waals surface area contributed by atoms with Crippen molar-refractivity contribution in [2.45, 2.75) is 39.5 Å². The second kappa shape index (κ2) is 9.78. The monoisotopic (exact) mass is 444 g/mol. The lowest BCUT2D eigenvalue weighted by Crippen LogP contribution is -2.30. The van der Waals surface area contributed by atoms with Gasteiger partial charge in [-0.1, -0.05) is 30.6 Å². The number of ether oxygens (including phenoxy) is 1. The first-order valence-corrected chi connectivity index (χ1v) is 9.57. The molecule has 2 rings (SSSR count). The Bertz CT molecular complexity index is 752. The fourth-order valence-electron chi connectivity index (χ4n) is 2.16. The predicted octanol–water partition coefficient (Wildman–Crippen LogP) is 4.76. The third-order valence-electron chi connectivity index (χ3n) is 3.40. The van der Waals surface area contributed by atoms with E-state index in [1.165, 1.54) is 0 Å². The summed E-state index contributed by atoms with van der Waals surface area (Å²) >= 11 is 9.43. The van der Waals surface area contributed by atoms with Gasteiger partial charge >= 0.3 is 6.03 Å². The third-order valence-corrected chi connectivity index (χ3v) is 4.21. The van der Waals surface area contributed by atoms with Gasteiger partial charge in [0.05, 0.1) is 16.8 Å². The first-order chi connectivity index (χ1) is 12.4. The van der Waals surface area contributed by atoms with Crippen LogP contribution in [0.5, 0.6) is 5.75 Å². The van der Waals surface area contributed by atoms with Crippen LogP contribution >= 0.6 is 27.5 Å². The van der Waals surface area contributed by atoms with E-state index in [9.17, 15) is 4.79 Å². The third kappa shape index (κ3) is 5.88. The Morgan fingerprint density at radius 1 is 1.42 bits per heavy atom. The normalized spacial score (nSPS) is 10.8. The summed E-state index contributed by atoms with van der Waals surface area (Å²) in [6, 6.07) is 3.02. The quantitative estimate of drug-likeness (QED) is 0.572. The molecule has 2 amide bonds. The summed E-state index contributed by atoms with van der Waals surface area (Å²) in [6.45, 7) is 6.82. The Kier molecular flexibility index (Phi) is 7.71. The zero-order valence-corrected chi connectivity index (χ0v) is 17.3. The topological polar surface area (TPSA) is 89.3 Å². The van der Waals surface area contributed by atoms with Gasteiger partial charge in [0.25, 0.3) is 0 Å². The van der Waals surface area contributed by atoms with Crippen LogP contribution in [-0.4, -0.2) is 29.3 Å². The molecule has 0 aliphatic rings. The number of benzene rings is 1. The lowest BCUT2D eigenvalue weighted by Gasteiger charge is -2.14. The highest BCUT2D eigenvalue weighted by atomic mass is 79.9. The number of carbonyl (C=O) groups is 1. The molecule has 0 fully saturated rings. The highest BCUT2D eigenvalue weighted by molar-refractivity contribution is 9.10. The summed E-state index contributed by atoms with van der Waals surface area (Å²) in [5.41, 5.74) is 0.502. The Morgan fingerprint density at radius 2 is 2.19 bits per heavy atom. The maximum atomic E-state index is 12.1. The molecule has 1 heterocycles. The number of hydrogen-bond donors (Lipinski definition) is 2. The number of nitrogens with one attached hydrogen (secondary N) is 2. The first-order valence-electron chi connectivity index (χ1n) is 8.39. The van der Waals surface area contributed by atoms with Gasteiger partial charge in [0, 0.05) is 23.9 Å². The van der Waals surface area contributed by atoms with Crippen molar-refractivity contribution in [3.8, 4) is 5.75 Å². The first kappa shape index (κ1) is 20.5. The largest absolute Gasteiger partial charge is 0.491 e. The SMILES string of the molecule is CCOc1c(Br)cc(Cl)cc1NC(=O)NCCCc1nc(C(C)C)no1. The zero-order valence-electron chi connectivity index (χ0n) is 14.9. The van der Waals surface area contributed by atoms with E-state index in [2.05, 4.69) is 36.7 Å². The number of anilines is 1. The highest BCUT2D eigenvalue weighted by Gasteiger charge is 2.13. The number of aryl methyl sites for hydroxylation is 1. The summed E-state index contributed by atoms with van der Waals surface area (Å²) in [5, 5.41) is 9.95. The molecule has 0 aliphatic carbocycles. The second-order valence-corrected chi connectivity index (χ2v) is 7.17. The highest BCUT2D eigenvalue weighted by Crippen LogP contribution is 2.36. The van der Waals surface area contributed by atoms with E-state index in [0.717, 1.165) is 0 Å². The minimum Gasteiger partial charge on any atom is -0.491 e. The number of hydrogen-bond acceptors (Lipinski definition) is 5. The molecule has 26 heavy (non-hydrogen) atoms. The van der Waals surface area contributed by atoms with Crippen LogP contribution in [-0.2, 0) is 6.42 Å². The van der Waals surface area contributed by atoms with Crippen molar-refractivity contribution in [3.63, 3.8) is 0 Å². The molecule has 0 bridgehead atoms. The van der Waals surface area contributed by atoms with E-state index < -0.39 is 0 Å². The van der Waals surface area contributed by atoms with Crippen LogP contribution < -0.4 is 15.4 Å². The number of urea groups is 1. The molecule has 7 nitrogen and oxygen atoms in total. The van der Waals surface area contributed by atoms with Crippen molar-refractivity contribution < 1.29 is 14.1 Å². The van der Waals surface area contributed by atoms with Crippen molar-refractivity contribution in [2.24, 2.45) is 0 Å². The lowest BCUT2D eigenvalue weighted by atomic mass is 10.2. The van der Waals surface area contributed by atoms with Crippen LogP contribution in [0.3, 0.4) is 0 Å². The molecule has 1 aromatic heterocycles. The molecule has 0 saturated carbocycles. The number of carbonyl (C=O) groups excluding carboxylic acids is 1. The van der Waals surface area contributed by atoms with E-state index in [1.807, 2.05) is 20.8 Å². The van der Waals surface area contributed by atoms with Gasteiger partial charge in [-0.15, -0.1) is 0 Å². The number of aromatic nitrogens is 2. The Morgan fingerprint density at radius 3 is 2.85 bits per heavy atom. The summed E-state index contributed by atoms with van der Waals surface area (Å²) < 4.78 is 11.4. The standard InChI is InChI=1S/C17H22BrClN4O3/c1-4-25-15-12(18)8-11(19)9-13(15)21-17(24)20-7-5-6-14-22-16(10(2)3)23-26-14/h8-10H,4-7H2,1-3H3,(H2,20,21,24). The van der Waals surface area contributed by atoms with Crippen LogP contribution in [0.4, 0.5) is 10.5 Å². The summed E-state index contributed by atoms with van der Waals surface area (Å²) in [5.74, 6) is 2.04. The number of nitrogens with zero attached hydrogens (tertiary/aromatic N) is 2. The molecule has 1 aromatic carbocycles. The van der Waals surface area contributed by atoms with Gasteiger partial charge in [-0.2, -0.15) is 4.98 Å². The van der Waals surface area contributed by atoms with Gasteiger partial charge < -0.3 is 19.9 Å². The fourth-order valence-corrected chi connectivity index (χ4v) is 3.08. The maximum absolute atomic E-state index is 12.1. The Labute approximate surface area is 166 Å². The molecule has 2 N–H and O–H groups in total. The number of halogens is 2. The molecule has 0 spiro atoms. The van der Waals surface area contributed by atoms with E-state index in [4.69, 9.17) is 20.9 Å². The van der Waals surface area contributed by atoms with Crippen molar-refractivity contribution >= 4 is 39.2 Å². The van der Waals surface area contributed by atoms with Crippen molar-refractivity contribution in [3.05, 3.63) is 33.3 Å².